The Morgan fingerprint density at radius 1 is 1.04 bits per heavy atom. The molecule has 3 heterocycles. The maximum Gasteiger partial charge on any atom is 0.180 e. The van der Waals surface area contributed by atoms with Gasteiger partial charge in [0.25, 0.3) is 0 Å². The maximum absolute atomic E-state index is 9.09. The number of anilines is 1. The minimum absolute atomic E-state index is 0.556. The number of nitriles is 1. The molecule has 0 aliphatic carbocycles. The highest BCUT2D eigenvalue weighted by Gasteiger charge is 2.10. The lowest BCUT2D eigenvalue weighted by Gasteiger charge is -2.07. The van der Waals surface area contributed by atoms with Gasteiger partial charge in [0.2, 0.25) is 0 Å². The number of aromatic nitrogens is 4. The summed E-state index contributed by atoms with van der Waals surface area (Å²) in [5.74, 6) is 1.29. The average Bonchev–Trinajstić information content (AvgIpc) is 3.10. The summed E-state index contributed by atoms with van der Waals surface area (Å²) in [5.41, 5.74) is 3.23. The predicted octanol–water partition coefficient (Wildman–Crippen LogP) is 3.28. The third-order valence-electron chi connectivity index (χ3n) is 3.84. The van der Waals surface area contributed by atoms with Crippen LogP contribution in [0.3, 0.4) is 0 Å². The first-order valence-corrected chi connectivity index (χ1v) is 7.82. The number of nitrogens with one attached hydrogen (secondary N) is 1. The van der Waals surface area contributed by atoms with E-state index in [4.69, 9.17) is 5.26 Å². The van der Waals surface area contributed by atoms with Crippen molar-refractivity contribution in [1.29, 1.82) is 5.26 Å². The number of benzene rings is 1. The van der Waals surface area contributed by atoms with Crippen LogP contribution in [0.5, 0.6) is 0 Å². The van der Waals surface area contributed by atoms with Gasteiger partial charge in [-0.15, -0.1) is 0 Å². The number of rotatable bonds is 4. The molecule has 0 amide bonds. The van der Waals surface area contributed by atoms with Gasteiger partial charge in [-0.25, -0.2) is 15.0 Å². The van der Waals surface area contributed by atoms with Crippen molar-refractivity contribution < 1.29 is 0 Å². The molecule has 120 valence electrons. The second kappa shape index (κ2) is 6.42. The fourth-order valence-electron chi connectivity index (χ4n) is 2.58. The number of hydrogen-bond acceptors (Lipinski definition) is 5. The zero-order valence-electron chi connectivity index (χ0n) is 13.3. The summed E-state index contributed by atoms with van der Waals surface area (Å²) >= 11 is 0. The molecule has 0 fully saturated rings. The van der Waals surface area contributed by atoms with E-state index in [0.717, 1.165) is 17.2 Å². The maximum atomic E-state index is 9.09. The van der Waals surface area contributed by atoms with Gasteiger partial charge in [0, 0.05) is 18.9 Å². The van der Waals surface area contributed by atoms with Crippen LogP contribution in [0.15, 0.2) is 67.1 Å². The van der Waals surface area contributed by atoms with Crippen molar-refractivity contribution in [2.45, 2.75) is 6.54 Å². The number of imidazole rings is 1. The largest absolute Gasteiger partial charge is 0.366 e. The van der Waals surface area contributed by atoms with E-state index in [9.17, 15) is 0 Å². The Balaban J connectivity index is 1.64. The first kappa shape index (κ1) is 14.8. The Labute approximate surface area is 144 Å². The number of nitrogens with zero attached hydrogens (tertiary/aromatic N) is 5. The summed E-state index contributed by atoms with van der Waals surface area (Å²) in [6, 6.07) is 17.6. The first-order valence-electron chi connectivity index (χ1n) is 7.82. The summed E-state index contributed by atoms with van der Waals surface area (Å²) < 4.78 is 1.83. The van der Waals surface area contributed by atoms with E-state index in [1.54, 1.807) is 30.7 Å². The smallest absolute Gasteiger partial charge is 0.180 e. The molecule has 4 aromatic rings. The highest BCUT2D eigenvalue weighted by Crippen LogP contribution is 2.19. The van der Waals surface area contributed by atoms with E-state index in [2.05, 4.69) is 38.5 Å². The van der Waals surface area contributed by atoms with Gasteiger partial charge in [-0.2, -0.15) is 5.26 Å². The van der Waals surface area contributed by atoms with Crippen LogP contribution in [0.4, 0.5) is 5.82 Å². The number of fused-ring (bicyclic) bond motifs is 1. The lowest BCUT2D eigenvalue weighted by atomic mass is 10.2. The first-order chi connectivity index (χ1) is 12.3. The highest BCUT2D eigenvalue weighted by atomic mass is 15.1. The quantitative estimate of drug-likeness (QED) is 0.622. The van der Waals surface area contributed by atoms with Gasteiger partial charge in [-0.05, 0) is 23.8 Å². The molecule has 0 saturated heterocycles. The van der Waals surface area contributed by atoms with Gasteiger partial charge in [0.05, 0.1) is 11.8 Å². The van der Waals surface area contributed by atoms with E-state index < -0.39 is 0 Å². The molecule has 0 spiro atoms. The topological polar surface area (TPSA) is 78.9 Å². The minimum Gasteiger partial charge on any atom is -0.366 e. The van der Waals surface area contributed by atoms with Gasteiger partial charge in [0.1, 0.15) is 23.2 Å². The van der Waals surface area contributed by atoms with Crippen molar-refractivity contribution in [3.63, 3.8) is 0 Å². The van der Waals surface area contributed by atoms with Gasteiger partial charge in [0.15, 0.2) is 5.82 Å². The molecule has 0 saturated carbocycles. The van der Waals surface area contributed by atoms with E-state index in [1.807, 2.05) is 28.7 Å². The molecule has 0 atom stereocenters. The molecule has 0 radical (unpaired) electrons. The number of pyridine rings is 1. The predicted molar refractivity (Wildman–Crippen MR) is 94.7 cm³/mol. The summed E-state index contributed by atoms with van der Waals surface area (Å²) in [4.78, 5) is 13.3. The molecule has 0 bridgehead atoms. The Morgan fingerprint density at radius 3 is 2.76 bits per heavy atom. The Kier molecular flexibility index (Phi) is 3.81. The summed E-state index contributed by atoms with van der Waals surface area (Å²) in [5, 5.41) is 12.4. The van der Waals surface area contributed by atoms with E-state index in [-0.39, 0.29) is 0 Å². The van der Waals surface area contributed by atoms with Crippen LogP contribution in [0.25, 0.3) is 17.2 Å². The van der Waals surface area contributed by atoms with Crippen LogP contribution < -0.4 is 5.32 Å². The molecule has 0 aliphatic heterocycles. The second-order valence-electron chi connectivity index (χ2n) is 5.51. The zero-order valence-corrected chi connectivity index (χ0v) is 13.3. The molecule has 0 unspecified atom stereocenters. The molecule has 6 heteroatoms. The van der Waals surface area contributed by atoms with Gasteiger partial charge >= 0.3 is 0 Å². The van der Waals surface area contributed by atoms with E-state index in [1.165, 1.54) is 5.56 Å². The van der Waals surface area contributed by atoms with Gasteiger partial charge in [-0.3, -0.25) is 4.40 Å². The van der Waals surface area contributed by atoms with Crippen molar-refractivity contribution in [3.8, 4) is 17.6 Å². The monoisotopic (exact) mass is 326 g/mol. The van der Waals surface area contributed by atoms with Crippen molar-refractivity contribution >= 4 is 11.5 Å². The summed E-state index contributed by atoms with van der Waals surface area (Å²) in [6.07, 6.45) is 5.17. The molecule has 1 aromatic carbocycles. The Bertz CT molecular complexity index is 1060. The minimum atomic E-state index is 0.556. The third-order valence-corrected chi connectivity index (χ3v) is 3.84. The standard InChI is InChI=1S/C19H14N6/c20-10-15-6-7-18-23-12-16(25(18)13-15)19-21-9-8-17(24-19)22-11-14-4-2-1-3-5-14/h1-9,12-13H,11H2,(H,21,22,24). The summed E-state index contributed by atoms with van der Waals surface area (Å²) in [7, 11) is 0. The van der Waals surface area contributed by atoms with Crippen molar-refractivity contribution in [2.24, 2.45) is 0 Å². The lowest BCUT2D eigenvalue weighted by Crippen LogP contribution is -2.03. The van der Waals surface area contributed by atoms with Crippen molar-refractivity contribution in [3.05, 3.63) is 78.2 Å². The molecule has 6 nitrogen and oxygen atoms in total. The zero-order chi connectivity index (χ0) is 17.1. The third kappa shape index (κ3) is 3.03. The molecular formula is C19H14N6. The molecule has 3 aromatic heterocycles. The van der Waals surface area contributed by atoms with Gasteiger partial charge < -0.3 is 5.32 Å². The molecule has 25 heavy (non-hydrogen) atoms. The Hall–Kier alpha value is -3.72. The highest BCUT2D eigenvalue weighted by molar-refractivity contribution is 5.59. The van der Waals surface area contributed by atoms with E-state index in [0.29, 0.717) is 17.9 Å². The van der Waals surface area contributed by atoms with Crippen molar-refractivity contribution in [1.82, 2.24) is 19.4 Å². The normalized spacial score (nSPS) is 10.5. The lowest BCUT2D eigenvalue weighted by molar-refractivity contribution is 1.06. The molecule has 1 N–H and O–H groups in total. The Morgan fingerprint density at radius 2 is 1.92 bits per heavy atom. The van der Waals surface area contributed by atoms with Crippen LogP contribution >= 0.6 is 0 Å². The molecule has 0 aliphatic rings. The van der Waals surface area contributed by atoms with Gasteiger partial charge in [-0.1, -0.05) is 30.3 Å². The average molecular weight is 326 g/mol. The van der Waals surface area contributed by atoms with Crippen LogP contribution in [0.1, 0.15) is 11.1 Å². The summed E-state index contributed by atoms with van der Waals surface area (Å²) in [6.45, 7) is 0.684. The van der Waals surface area contributed by atoms with Crippen LogP contribution in [-0.4, -0.2) is 19.4 Å². The second-order valence-corrected chi connectivity index (χ2v) is 5.51. The van der Waals surface area contributed by atoms with Crippen LogP contribution in [0.2, 0.25) is 0 Å². The SMILES string of the molecule is N#Cc1ccc2ncc(-c3nccc(NCc4ccccc4)n3)n2c1. The van der Waals surface area contributed by atoms with Crippen LogP contribution in [-0.2, 0) is 6.54 Å². The number of hydrogen-bond donors (Lipinski definition) is 1. The van der Waals surface area contributed by atoms with Crippen molar-refractivity contribution in [2.75, 3.05) is 5.32 Å². The fourth-order valence-corrected chi connectivity index (χ4v) is 2.58. The van der Waals surface area contributed by atoms with Crippen LogP contribution in [0, 0.1) is 11.3 Å². The molecular weight excluding hydrogens is 312 g/mol. The van der Waals surface area contributed by atoms with E-state index >= 15 is 0 Å². The fraction of sp³-hybridized carbons (Fsp3) is 0.0526. The molecule has 4 rings (SSSR count).